The number of nitrogens with zero attached hydrogens (tertiary/aromatic N) is 3. The average Bonchev–Trinajstić information content (AvgIpc) is 3.21. The predicted octanol–water partition coefficient (Wildman–Crippen LogP) is 4.89. The van der Waals surface area contributed by atoms with E-state index in [1.807, 2.05) is 27.0 Å². The van der Waals surface area contributed by atoms with Crippen molar-refractivity contribution in [2.24, 2.45) is 5.92 Å². The Morgan fingerprint density at radius 1 is 1.16 bits per heavy atom. The molecule has 1 aliphatic heterocycles. The molecule has 1 saturated carbocycles. The largest absolute Gasteiger partial charge is 0.444 e. The van der Waals surface area contributed by atoms with Crippen molar-refractivity contribution in [3.8, 4) is 0 Å². The minimum atomic E-state index is -0.433. The standard InChI is InChI=1S/C24H36N4O2S/c1-24(2,3)30-23(29)26-19-6-4-18(5-7-19)9-12-27-13-15-28(16-14-27)22-20-10-17-31-21(20)8-11-25-22/h8,10-11,17-19H,4-7,9,12-16H2,1-3H3,(H,26,29). The van der Waals surface area contributed by atoms with Crippen LogP contribution in [0.1, 0.15) is 52.9 Å². The lowest BCUT2D eigenvalue weighted by Crippen LogP contribution is -2.47. The second-order valence-electron chi connectivity index (χ2n) is 9.95. The monoisotopic (exact) mass is 444 g/mol. The van der Waals surface area contributed by atoms with Crippen molar-refractivity contribution in [3.63, 3.8) is 0 Å². The molecule has 0 aromatic carbocycles. The zero-order valence-corrected chi connectivity index (χ0v) is 19.9. The molecule has 0 spiro atoms. The maximum Gasteiger partial charge on any atom is 0.407 e. The summed E-state index contributed by atoms with van der Waals surface area (Å²) in [6, 6.07) is 4.57. The molecule has 6 nitrogen and oxygen atoms in total. The molecule has 1 amide bonds. The van der Waals surface area contributed by atoms with E-state index in [4.69, 9.17) is 4.74 Å². The van der Waals surface area contributed by atoms with Crippen molar-refractivity contribution < 1.29 is 9.53 Å². The molecule has 3 heterocycles. The molecule has 0 bridgehead atoms. The van der Waals surface area contributed by atoms with Gasteiger partial charge in [-0.1, -0.05) is 0 Å². The van der Waals surface area contributed by atoms with Crippen LogP contribution < -0.4 is 10.2 Å². The van der Waals surface area contributed by atoms with Crippen molar-refractivity contribution in [2.45, 2.75) is 64.5 Å². The highest BCUT2D eigenvalue weighted by Gasteiger charge is 2.26. The number of amides is 1. The first-order valence-corrected chi connectivity index (χ1v) is 12.5. The number of thiophene rings is 1. The van der Waals surface area contributed by atoms with Gasteiger partial charge in [-0.05, 0) is 82.9 Å². The van der Waals surface area contributed by atoms with E-state index in [9.17, 15) is 4.79 Å². The van der Waals surface area contributed by atoms with Crippen LogP contribution in [0, 0.1) is 5.92 Å². The van der Waals surface area contributed by atoms with Gasteiger partial charge in [0.2, 0.25) is 0 Å². The molecule has 0 atom stereocenters. The molecular formula is C24H36N4O2S. The summed E-state index contributed by atoms with van der Waals surface area (Å²) < 4.78 is 6.71. The highest BCUT2D eigenvalue weighted by Crippen LogP contribution is 2.30. The molecule has 170 valence electrons. The maximum atomic E-state index is 12.0. The SMILES string of the molecule is CC(C)(C)OC(=O)NC1CCC(CCN2CCN(c3nccc4sccc34)CC2)CC1. The van der Waals surface area contributed by atoms with Crippen LogP contribution >= 0.6 is 11.3 Å². The minimum Gasteiger partial charge on any atom is -0.444 e. The van der Waals surface area contributed by atoms with Gasteiger partial charge in [0.1, 0.15) is 11.4 Å². The van der Waals surface area contributed by atoms with Crippen LogP contribution in [0.25, 0.3) is 10.1 Å². The molecule has 1 N–H and O–H groups in total. The van der Waals surface area contributed by atoms with Crippen molar-refractivity contribution in [3.05, 3.63) is 23.7 Å². The zero-order valence-electron chi connectivity index (χ0n) is 19.1. The Bertz CT molecular complexity index is 862. The normalized spacial score (nSPS) is 23.1. The first-order chi connectivity index (χ1) is 14.9. The summed E-state index contributed by atoms with van der Waals surface area (Å²) in [7, 11) is 0. The Morgan fingerprint density at radius 3 is 2.61 bits per heavy atom. The fourth-order valence-electron chi connectivity index (χ4n) is 4.75. The number of anilines is 1. The molecule has 0 unspecified atom stereocenters. The van der Waals surface area contributed by atoms with E-state index in [-0.39, 0.29) is 12.1 Å². The highest BCUT2D eigenvalue weighted by molar-refractivity contribution is 7.17. The maximum absolute atomic E-state index is 12.0. The Kier molecular flexibility index (Phi) is 7.02. The molecule has 4 rings (SSSR count). The van der Waals surface area contributed by atoms with Gasteiger partial charge in [-0.25, -0.2) is 9.78 Å². The number of rotatable bonds is 5. The van der Waals surface area contributed by atoms with Crippen molar-refractivity contribution in [1.29, 1.82) is 0 Å². The van der Waals surface area contributed by atoms with Crippen LogP contribution in [-0.4, -0.2) is 60.3 Å². The Morgan fingerprint density at radius 2 is 1.90 bits per heavy atom. The van der Waals surface area contributed by atoms with E-state index in [1.54, 1.807) is 11.3 Å². The zero-order chi connectivity index (χ0) is 21.8. The van der Waals surface area contributed by atoms with Crippen LogP contribution in [0.3, 0.4) is 0 Å². The third-order valence-electron chi connectivity index (χ3n) is 6.45. The number of piperazine rings is 1. The molecule has 2 aromatic heterocycles. The third-order valence-corrected chi connectivity index (χ3v) is 7.33. The van der Waals surface area contributed by atoms with Gasteiger partial charge in [0, 0.05) is 48.5 Å². The van der Waals surface area contributed by atoms with Gasteiger partial charge in [0.25, 0.3) is 0 Å². The molecule has 7 heteroatoms. The molecule has 31 heavy (non-hydrogen) atoms. The van der Waals surface area contributed by atoms with Crippen LogP contribution in [0.4, 0.5) is 10.6 Å². The van der Waals surface area contributed by atoms with Gasteiger partial charge < -0.3 is 15.0 Å². The van der Waals surface area contributed by atoms with Crippen LogP contribution in [-0.2, 0) is 4.74 Å². The number of ether oxygens (including phenoxy) is 1. The Balaban J connectivity index is 1.16. The number of nitrogens with one attached hydrogen (secondary N) is 1. The van der Waals surface area contributed by atoms with Gasteiger partial charge >= 0.3 is 6.09 Å². The Labute approximate surface area is 190 Å². The Hall–Kier alpha value is -1.86. The summed E-state index contributed by atoms with van der Waals surface area (Å²) in [5.41, 5.74) is -0.433. The first kappa shape index (κ1) is 22.3. The van der Waals surface area contributed by atoms with Gasteiger partial charge in [-0.3, -0.25) is 4.90 Å². The van der Waals surface area contributed by atoms with E-state index in [1.165, 1.54) is 35.9 Å². The summed E-state index contributed by atoms with van der Waals surface area (Å²) in [6.07, 6.45) is 7.45. The molecule has 2 aliphatic rings. The summed E-state index contributed by atoms with van der Waals surface area (Å²) >= 11 is 1.79. The number of carbonyl (C=O) groups excluding carboxylic acids is 1. The number of fused-ring (bicyclic) bond motifs is 1. The first-order valence-electron chi connectivity index (χ1n) is 11.7. The second-order valence-corrected chi connectivity index (χ2v) is 10.9. The number of alkyl carbamates (subject to hydrolysis) is 1. The van der Waals surface area contributed by atoms with Crippen molar-refractivity contribution in [1.82, 2.24) is 15.2 Å². The lowest BCUT2D eigenvalue weighted by atomic mass is 9.84. The minimum absolute atomic E-state index is 0.266. The van der Waals surface area contributed by atoms with Gasteiger partial charge in [-0.15, -0.1) is 11.3 Å². The van der Waals surface area contributed by atoms with Crippen molar-refractivity contribution >= 4 is 33.3 Å². The predicted molar refractivity (Wildman–Crippen MR) is 128 cm³/mol. The highest BCUT2D eigenvalue weighted by atomic mass is 32.1. The van der Waals surface area contributed by atoms with E-state index in [0.717, 1.165) is 50.8 Å². The van der Waals surface area contributed by atoms with Crippen LogP contribution in [0.5, 0.6) is 0 Å². The molecular weight excluding hydrogens is 408 g/mol. The number of carbonyl (C=O) groups is 1. The molecule has 1 saturated heterocycles. The lowest BCUT2D eigenvalue weighted by Gasteiger charge is -2.37. The quantitative estimate of drug-likeness (QED) is 0.711. The topological polar surface area (TPSA) is 57.7 Å². The summed E-state index contributed by atoms with van der Waals surface area (Å²) in [5, 5.41) is 6.50. The molecule has 2 aromatic rings. The van der Waals surface area contributed by atoms with Crippen LogP contribution in [0.15, 0.2) is 23.7 Å². The third kappa shape index (κ3) is 6.10. The van der Waals surface area contributed by atoms with Crippen molar-refractivity contribution in [2.75, 3.05) is 37.6 Å². The molecule has 0 radical (unpaired) electrons. The van der Waals surface area contributed by atoms with E-state index < -0.39 is 5.60 Å². The van der Waals surface area contributed by atoms with Gasteiger partial charge in [-0.2, -0.15) is 0 Å². The summed E-state index contributed by atoms with van der Waals surface area (Å²) in [5.74, 6) is 1.92. The van der Waals surface area contributed by atoms with E-state index >= 15 is 0 Å². The number of aromatic nitrogens is 1. The number of hydrogen-bond acceptors (Lipinski definition) is 6. The number of hydrogen-bond donors (Lipinski definition) is 1. The summed E-state index contributed by atoms with van der Waals surface area (Å²) in [6.45, 7) is 11.2. The fraction of sp³-hybridized carbons (Fsp3) is 0.667. The second kappa shape index (κ2) is 9.74. The molecule has 1 aliphatic carbocycles. The van der Waals surface area contributed by atoms with Crippen LogP contribution in [0.2, 0.25) is 0 Å². The van der Waals surface area contributed by atoms with E-state index in [2.05, 4.69) is 37.6 Å². The smallest absolute Gasteiger partial charge is 0.407 e. The van der Waals surface area contributed by atoms with E-state index in [0.29, 0.717) is 0 Å². The summed E-state index contributed by atoms with van der Waals surface area (Å²) in [4.78, 5) is 21.7. The van der Waals surface area contributed by atoms with Gasteiger partial charge in [0.05, 0.1) is 0 Å². The number of pyridine rings is 1. The average molecular weight is 445 g/mol. The van der Waals surface area contributed by atoms with Gasteiger partial charge in [0.15, 0.2) is 0 Å². The molecule has 2 fully saturated rings. The lowest BCUT2D eigenvalue weighted by molar-refractivity contribution is 0.0486. The fourth-order valence-corrected chi connectivity index (χ4v) is 5.53.